The zero-order valence-electron chi connectivity index (χ0n) is 18.9. The molecule has 2 aromatic heterocycles. The fraction of sp³-hybridized carbons (Fsp3) is 0.591. The van der Waals surface area contributed by atoms with Crippen LogP contribution in [0.2, 0.25) is 0 Å². The van der Waals surface area contributed by atoms with Gasteiger partial charge in [-0.15, -0.1) is 0 Å². The molecule has 1 aliphatic heterocycles. The molecule has 0 aromatic carbocycles. The van der Waals surface area contributed by atoms with Gasteiger partial charge in [0.1, 0.15) is 0 Å². The van der Waals surface area contributed by atoms with Gasteiger partial charge in [0, 0.05) is 36.5 Å². The Bertz CT molecular complexity index is 1030. The first-order valence-electron chi connectivity index (χ1n) is 10.8. The largest absolute Gasteiger partial charge is 0.466 e. The van der Waals surface area contributed by atoms with E-state index in [0.29, 0.717) is 62.6 Å². The number of nitrogens with zero attached hydrogens (tertiary/aromatic N) is 4. The quantitative estimate of drug-likeness (QED) is 0.703. The first-order chi connectivity index (χ1) is 14.7. The van der Waals surface area contributed by atoms with Gasteiger partial charge in [-0.25, -0.2) is 9.67 Å². The lowest BCUT2D eigenvalue weighted by Crippen LogP contribution is -2.40. The van der Waals surface area contributed by atoms with Crippen LogP contribution in [-0.4, -0.2) is 56.2 Å². The van der Waals surface area contributed by atoms with Crippen molar-refractivity contribution in [2.24, 2.45) is 5.92 Å². The van der Waals surface area contributed by atoms with Crippen LogP contribution in [-0.2, 0) is 20.7 Å². The predicted molar refractivity (Wildman–Crippen MR) is 115 cm³/mol. The van der Waals surface area contributed by atoms with Crippen molar-refractivity contribution in [3.05, 3.63) is 38.6 Å². The van der Waals surface area contributed by atoms with Crippen molar-refractivity contribution in [1.29, 1.82) is 0 Å². The Morgan fingerprint density at radius 1 is 1.13 bits per heavy atom. The molecule has 1 N–H and O–H groups in total. The van der Waals surface area contributed by atoms with Crippen LogP contribution < -0.4 is 5.56 Å². The van der Waals surface area contributed by atoms with Crippen molar-refractivity contribution < 1.29 is 14.3 Å². The maximum absolute atomic E-state index is 12.7. The minimum absolute atomic E-state index is 0.0755. The van der Waals surface area contributed by atoms with E-state index >= 15 is 0 Å². The van der Waals surface area contributed by atoms with E-state index in [1.807, 2.05) is 18.7 Å². The zero-order valence-corrected chi connectivity index (χ0v) is 18.9. The first-order valence-corrected chi connectivity index (χ1v) is 10.8. The number of aromatic amines is 1. The number of likely N-dealkylation sites (tertiary alicyclic amines) is 1. The third-order valence-corrected chi connectivity index (χ3v) is 6.08. The summed E-state index contributed by atoms with van der Waals surface area (Å²) in [6, 6.07) is 0. The summed E-state index contributed by atoms with van der Waals surface area (Å²) in [6.07, 6.45) is 2.22. The van der Waals surface area contributed by atoms with Gasteiger partial charge in [-0.1, -0.05) is 0 Å². The summed E-state index contributed by atoms with van der Waals surface area (Å²) in [7, 11) is 0. The Labute approximate surface area is 181 Å². The highest BCUT2D eigenvalue weighted by atomic mass is 16.5. The van der Waals surface area contributed by atoms with Crippen molar-refractivity contribution in [3.63, 3.8) is 0 Å². The fourth-order valence-electron chi connectivity index (χ4n) is 3.99. The Morgan fingerprint density at radius 3 is 2.42 bits per heavy atom. The summed E-state index contributed by atoms with van der Waals surface area (Å²) in [5.74, 6) is 0.185. The van der Waals surface area contributed by atoms with E-state index in [4.69, 9.17) is 4.74 Å². The molecule has 0 aliphatic carbocycles. The van der Waals surface area contributed by atoms with E-state index in [1.165, 1.54) is 0 Å². The third kappa shape index (κ3) is 4.86. The Morgan fingerprint density at radius 2 is 1.81 bits per heavy atom. The maximum Gasteiger partial charge on any atom is 0.309 e. The molecule has 31 heavy (non-hydrogen) atoms. The van der Waals surface area contributed by atoms with E-state index in [0.717, 1.165) is 17.0 Å². The smallest absolute Gasteiger partial charge is 0.309 e. The molecule has 1 amide bonds. The van der Waals surface area contributed by atoms with Crippen molar-refractivity contribution in [2.45, 2.75) is 60.3 Å². The summed E-state index contributed by atoms with van der Waals surface area (Å²) in [6.45, 7) is 10.7. The van der Waals surface area contributed by atoms with Gasteiger partial charge in [-0.3, -0.25) is 19.4 Å². The Hall–Kier alpha value is -2.97. The van der Waals surface area contributed by atoms with Crippen molar-refractivity contribution in [1.82, 2.24) is 24.6 Å². The number of aryl methyl sites for hydroxylation is 2. The molecule has 9 heteroatoms. The molecule has 1 fully saturated rings. The number of aromatic nitrogens is 4. The Kier molecular flexibility index (Phi) is 6.92. The topological polar surface area (TPSA) is 110 Å². The maximum atomic E-state index is 12.7. The van der Waals surface area contributed by atoms with Crippen LogP contribution in [0.4, 0.5) is 0 Å². The van der Waals surface area contributed by atoms with E-state index in [-0.39, 0.29) is 23.4 Å². The highest BCUT2D eigenvalue weighted by Crippen LogP contribution is 2.21. The summed E-state index contributed by atoms with van der Waals surface area (Å²) in [5.41, 5.74) is 3.72. The highest BCUT2D eigenvalue weighted by molar-refractivity contribution is 5.77. The van der Waals surface area contributed by atoms with E-state index in [1.54, 1.807) is 25.5 Å². The minimum Gasteiger partial charge on any atom is -0.466 e. The normalized spacial score (nSPS) is 14.7. The van der Waals surface area contributed by atoms with Crippen LogP contribution >= 0.6 is 0 Å². The van der Waals surface area contributed by atoms with Gasteiger partial charge < -0.3 is 9.64 Å². The first kappa shape index (κ1) is 22.7. The highest BCUT2D eigenvalue weighted by Gasteiger charge is 2.28. The van der Waals surface area contributed by atoms with E-state index in [2.05, 4.69) is 15.1 Å². The number of hydrogen-bond donors (Lipinski definition) is 1. The number of hydrogen-bond acceptors (Lipinski definition) is 6. The van der Waals surface area contributed by atoms with Gasteiger partial charge >= 0.3 is 5.97 Å². The van der Waals surface area contributed by atoms with Gasteiger partial charge in [0.05, 0.1) is 18.2 Å². The molecule has 3 rings (SSSR count). The molecule has 1 aliphatic rings. The van der Waals surface area contributed by atoms with Gasteiger partial charge in [0.15, 0.2) is 0 Å². The third-order valence-electron chi connectivity index (χ3n) is 6.08. The number of ether oxygens (including phenoxy) is 1. The van der Waals surface area contributed by atoms with Crippen molar-refractivity contribution in [3.8, 4) is 5.95 Å². The van der Waals surface area contributed by atoms with Crippen LogP contribution in [0.1, 0.15) is 54.4 Å². The number of nitrogens with one attached hydrogen (secondary N) is 1. The number of piperidine rings is 1. The molecule has 168 valence electrons. The fourth-order valence-corrected chi connectivity index (χ4v) is 3.99. The zero-order chi connectivity index (χ0) is 22.7. The average molecular weight is 430 g/mol. The van der Waals surface area contributed by atoms with Gasteiger partial charge in [-0.05, 0) is 59.4 Å². The van der Waals surface area contributed by atoms with Gasteiger partial charge in [0.25, 0.3) is 5.56 Å². The lowest BCUT2D eigenvalue weighted by molar-refractivity contribution is -0.151. The number of esters is 1. The molecular formula is C22H31N5O4. The number of carbonyl (C=O) groups excluding carboxylic acids is 2. The van der Waals surface area contributed by atoms with Gasteiger partial charge in [0.2, 0.25) is 11.9 Å². The van der Waals surface area contributed by atoms with Crippen LogP contribution in [0.3, 0.4) is 0 Å². The standard InChI is InChI=1S/C22H31N5O4/c1-6-31-21(30)17-9-11-26(12-10-17)19(28)8-7-18-15(4)25-27(16(18)5)22-23-14(3)13(2)20(29)24-22/h17H,6-12H2,1-5H3,(H,23,24,29). The SMILES string of the molecule is CCOC(=O)C1CCN(C(=O)CCc2c(C)nn(-c3nc(C)c(C)c(=O)[nH]3)c2C)CC1. The number of H-pyrrole nitrogens is 1. The summed E-state index contributed by atoms with van der Waals surface area (Å²) in [4.78, 5) is 45.8. The molecule has 0 bridgehead atoms. The second-order valence-corrected chi connectivity index (χ2v) is 8.07. The summed E-state index contributed by atoms with van der Waals surface area (Å²) < 4.78 is 6.72. The molecule has 0 atom stereocenters. The molecule has 0 saturated carbocycles. The monoisotopic (exact) mass is 429 g/mol. The Balaban J connectivity index is 1.65. The lowest BCUT2D eigenvalue weighted by atomic mass is 9.96. The van der Waals surface area contributed by atoms with E-state index < -0.39 is 0 Å². The average Bonchev–Trinajstić information content (AvgIpc) is 3.03. The van der Waals surface area contributed by atoms with Crippen molar-refractivity contribution in [2.75, 3.05) is 19.7 Å². The van der Waals surface area contributed by atoms with Crippen molar-refractivity contribution >= 4 is 11.9 Å². The molecule has 2 aromatic rings. The molecule has 0 radical (unpaired) electrons. The van der Waals surface area contributed by atoms with E-state index in [9.17, 15) is 14.4 Å². The van der Waals surface area contributed by atoms with Gasteiger partial charge in [-0.2, -0.15) is 5.10 Å². The second-order valence-electron chi connectivity index (χ2n) is 8.07. The molecular weight excluding hydrogens is 398 g/mol. The van der Waals surface area contributed by atoms with Crippen LogP contribution in [0, 0.1) is 33.6 Å². The van der Waals surface area contributed by atoms with Crippen LogP contribution in [0.5, 0.6) is 0 Å². The minimum atomic E-state index is -0.182. The number of carbonyl (C=O) groups is 2. The number of amides is 1. The summed E-state index contributed by atoms with van der Waals surface area (Å²) >= 11 is 0. The number of rotatable bonds is 6. The molecule has 0 spiro atoms. The molecule has 3 heterocycles. The van der Waals surface area contributed by atoms with Crippen LogP contribution in [0.25, 0.3) is 5.95 Å². The lowest BCUT2D eigenvalue weighted by Gasteiger charge is -2.31. The molecule has 9 nitrogen and oxygen atoms in total. The predicted octanol–water partition coefficient (Wildman–Crippen LogP) is 1.92. The van der Waals surface area contributed by atoms with Crippen LogP contribution in [0.15, 0.2) is 4.79 Å². The second kappa shape index (κ2) is 9.45. The molecule has 0 unspecified atom stereocenters. The molecule has 1 saturated heterocycles. The summed E-state index contributed by atoms with van der Waals surface area (Å²) in [5, 5.41) is 4.54.